The van der Waals surface area contributed by atoms with Crippen LogP contribution in [0.25, 0.3) is 0 Å². The van der Waals surface area contributed by atoms with Crippen molar-refractivity contribution in [2.45, 2.75) is 20.8 Å². The van der Waals surface area contributed by atoms with Crippen LogP contribution in [0, 0.1) is 0 Å². The molecule has 1 radical (unpaired) electrons. The van der Waals surface area contributed by atoms with Crippen LogP contribution in [-0.2, 0) is 36.0 Å². The van der Waals surface area contributed by atoms with Gasteiger partial charge in [0.2, 0.25) is 0 Å². The van der Waals surface area contributed by atoms with Crippen molar-refractivity contribution < 1.29 is 36.0 Å². The van der Waals surface area contributed by atoms with Crippen molar-refractivity contribution in [3.8, 4) is 0 Å². The molecule has 0 aliphatic heterocycles. The molecule has 12 heavy (non-hydrogen) atoms. The second-order valence-corrected chi connectivity index (χ2v) is 5.00. The molecule has 0 amide bonds. The Morgan fingerprint density at radius 3 is 1.33 bits per heavy atom. The molecular formula is C6H16AuClO3P. The molecule has 0 bridgehead atoms. The molecule has 0 aliphatic rings. The molecule has 0 N–H and O–H groups in total. The predicted octanol–water partition coefficient (Wildman–Crippen LogP) is 2.74. The number of halogens is 1. The van der Waals surface area contributed by atoms with Gasteiger partial charge in [0, 0.05) is 22.4 Å². The van der Waals surface area contributed by atoms with Crippen molar-refractivity contribution in [1.82, 2.24) is 0 Å². The summed E-state index contributed by atoms with van der Waals surface area (Å²) >= 11 is 5.91. The molecule has 3 nitrogen and oxygen atoms in total. The molecule has 0 aromatic heterocycles. The van der Waals surface area contributed by atoms with Crippen molar-refractivity contribution in [3.63, 3.8) is 0 Å². The SMILES string of the molecule is CCO[PH](Cl)(OCC)OCC.[Au]. The first kappa shape index (κ1) is 15.8. The van der Waals surface area contributed by atoms with Gasteiger partial charge in [0.25, 0.3) is 0 Å². The monoisotopic (exact) mass is 399 g/mol. The number of hydrogen-bond donors (Lipinski definition) is 0. The van der Waals surface area contributed by atoms with Crippen LogP contribution < -0.4 is 0 Å². The van der Waals surface area contributed by atoms with Crippen molar-refractivity contribution in [1.29, 1.82) is 0 Å². The Morgan fingerprint density at radius 1 is 0.917 bits per heavy atom. The fourth-order valence-electron chi connectivity index (χ4n) is 0.642. The van der Waals surface area contributed by atoms with E-state index >= 15 is 0 Å². The molecule has 0 spiro atoms. The summed E-state index contributed by atoms with van der Waals surface area (Å²) in [6.45, 7) is 7.16. The Balaban J connectivity index is 0. The molecule has 81 valence electrons. The Bertz CT molecular complexity index is 89.8. The van der Waals surface area contributed by atoms with E-state index in [1.54, 1.807) is 0 Å². The summed E-state index contributed by atoms with van der Waals surface area (Å²) in [6.07, 6.45) is 0. The summed E-state index contributed by atoms with van der Waals surface area (Å²) in [5, 5.41) is 0. The van der Waals surface area contributed by atoms with Crippen molar-refractivity contribution >= 4 is 18.5 Å². The van der Waals surface area contributed by atoms with Gasteiger partial charge in [-0.25, -0.2) is 0 Å². The van der Waals surface area contributed by atoms with Gasteiger partial charge < -0.3 is 0 Å². The standard InChI is InChI=1S/C6H16ClO3P.Au/c1-4-8-11(7,9-5-2)10-6-3;/h11H,4-6H2,1-3H3;. The van der Waals surface area contributed by atoms with E-state index in [2.05, 4.69) is 0 Å². The zero-order chi connectivity index (χ0) is 8.74. The van der Waals surface area contributed by atoms with Crippen LogP contribution in [0.1, 0.15) is 20.8 Å². The molecule has 0 heterocycles. The van der Waals surface area contributed by atoms with Gasteiger partial charge in [-0.15, -0.1) is 0 Å². The van der Waals surface area contributed by atoms with E-state index < -0.39 is 7.30 Å². The van der Waals surface area contributed by atoms with E-state index in [0.717, 1.165) is 0 Å². The van der Waals surface area contributed by atoms with Crippen LogP contribution in [-0.4, -0.2) is 19.8 Å². The van der Waals surface area contributed by atoms with E-state index in [0.29, 0.717) is 19.8 Å². The average Bonchev–Trinajstić information content (AvgIpc) is 1.88. The summed E-state index contributed by atoms with van der Waals surface area (Å²) in [7, 11) is -2.78. The maximum absolute atomic E-state index is 5.91. The summed E-state index contributed by atoms with van der Waals surface area (Å²) in [4.78, 5) is 0. The average molecular weight is 400 g/mol. The van der Waals surface area contributed by atoms with Crippen LogP contribution in [0.5, 0.6) is 0 Å². The summed E-state index contributed by atoms with van der Waals surface area (Å²) < 4.78 is 15.5. The molecule has 0 unspecified atom stereocenters. The molecule has 0 atom stereocenters. The van der Waals surface area contributed by atoms with E-state index in [-0.39, 0.29) is 22.4 Å². The van der Waals surface area contributed by atoms with Crippen molar-refractivity contribution in [2.24, 2.45) is 0 Å². The molecule has 6 heteroatoms. The van der Waals surface area contributed by atoms with E-state index in [9.17, 15) is 0 Å². The minimum absolute atomic E-state index is 0. The van der Waals surface area contributed by atoms with Gasteiger partial charge in [-0.3, -0.25) is 0 Å². The second-order valence-electron chi connectivity index (χ2n) is 1.78. The smallest absolute Gasteiger partial charge is 0 e. The third kappa shape index (κ3) is 6.81. The van der Waals surface area contributed by atoms with Gasteiger partial charge in [-0.2, -0.15) is 0 Å². The fraction of sp³-hybridized carbons (Fsp3) is 1.00. The normalized spacial score (nSPS) is 12.3. The van der Waals surface area contributed by atoms with Gasteiger partial charge in [-0.1, -0.05) is 0 Å². The fourth-order valence-corrected chi connectivity index (χ4v) is 2.91. The van der Waals surface area contributed by atoms with Crippen LogP contribution in [0.4, 0.5) is 0 Å². The first-order chi connectivity index (χ1) is 5.18. The van der Waals surface area contributed by atoms with E-state index in [4.69, 9.17) is 24.8 Å². The Labute approximate surface area is 95.0 Å². The van der Waals surface area contributed by atoms with Crippen LogP contribution in [0.15, 0.2) is 0 Å². The molecule has 0 rings (SSSR count). The zero-order valence-electron chi connectivity index (χ0n) is 7.53. The number of hydrogen-bond acceptors (Lipinski definition) is 3. The van der Waals surface area contributed by atoms with Gasteiger partial charge in [0.15, 0.2) is 0 Å². The van der Waals surface area contributed by atoms with Gasteiger partial charge in [0.05, 0.1) is 0 Å². The molecular weight excluding hydrogens is 383 g/mol. The minimum atomic E-state index is -2.78. The predicted molar refractivity (Wildman–Crippen MR) is 49.0 cm³/mol. The van der Waals surface area contributed by atoms with E-state index in [1.165, 1.54) is 0 Å². The first-order valence-electron chi connectivity index (χ1n) is 3.79. The molecule has 0 aromatic rings. The summed E-state index contributed by atoms with van der Waals surface area (Å²) in [6, 6.07) is 0. The Kier molecular flexibility index (Phi) is 11.7. The largest absolute Gasteiger partial charge is 0 e. The van der Waals surface area contributed by atoms with Gasteiger partial charge >= 0.3 is 72.7 Å². The topological polar surface area (TPSA) is 27.7 Å². The van der Waals surface area contributed by atoms with E-state index in [1.807, 2.05) is 20.8 Å². The third-order valence-electron chi connectivity index (χ3n) is 0.950. The van der Waals surface area contributed by atoms with Crippen molar-refractivity contribution in [3.05, 3.63) is 0 Å². The third-order valence-corrected chi connectivity index (χ3v) is 3.83. The Hall–Kier alpha value is 1.34. The van der Waals surface area contributed by atoms with Crippen LogP contribution in [0.3, 0.4) is 0 Å². The molecule has 0 aliphatic carbocycles. The maximum Gasteiger partial charge on any atom is 0 e. The van der Waals surface area contributed by atoms with Gasteiger partial charge in [-0.05, 0) is 0 Å². The molecule has 0 aromatic carbocycles. The first-order valence-corrected chi connectivity index (χ1v) is 6.53. The van der Waals surface area contributed by atoms with Crippen LogP contribution >= 0.6 is 18.5 Å². The summed E-state index contributed by atoms with van der Waals surface area (Å²) in [5.74, 6) is 0. The number of rotatable bonds is 6. The quantitative estimate of drug-likeness (QED) is 0.508. The Morgan fingerprint density at radius 2 is 1.17 bits per heavy atom. The maximum atomic E-state index is 5.91. The minimum Gasteiger partial charge on any atom is 0 e. The second kappa shape index (κ2) is 8.92. The zero-order valence-corrected chi connectivity index (χ0v) is 11.4. The molecule has 0 saturated carbocycles. The van der Waals surface area contributed by atoms with Crippen LogP contribution in [0.2, 0.25) is 0 Å². The van der Waals surface area contributed by atoms with Gasteiger partial charge in [0.1, 0.15) is 0 Å². The molecule has 0 fully saturated rings. The van der Waals surface area contributed by atoms with Crippen molar-refractivity contribution in [2.75, 3.05) is 19.8 Å². The molecule has 0 saturated heterocycles. The summed E-state index contributed by atoms with van der Waals surface area (Å²) in [5.41, 5.74) is 0.